The van der Waals surface area contributed by atoms with Gasteiger partial charge < -0.3 is 46.1 Å². The molecule has 3 aromatic carbocycles. The molecule has 1 fully saturated rings. The molecule has 0 radical (unpaired) electrons. The number of H-pyrrole nitrogens is 1. The topological polar surface area (TPSA) is 196 Å². The van der Waals surface area contributed by atoms with Gasteiger partial charge in [0.25, 0.3) is 17.6 Å². The zero-order valence-corrected chi connectivity index (χ0v) is 27.5. The maximum atomic E-state index is 13.3. The molecule has 2 heterocycles. The summed E-state index contributed by atoms with van der Waals surface area (Å²) in [6, 6.07) is 19.6. The number of para-hydroxylation sites is 1. The molecule has 15 heteroatoms. The van der Waals surface area contributed by atoms with E-state index >= 15 is 0 Å². The number of hydrogen-bond donors (Lipinski definition) is 7. The average Bonchev–Trinajstić information content (AvgIpc) is 3.57. The lowest BCUT2D eigenvalue weighted by atomic mass is 9.80. The van der Waals surface area contributed by atoms with Crippen molar-refractivity contribution < 1.29 is 34.0 Å². The zero-order chi connectivity index (χ0) is 35.5. The fourth-order valence-corrected chi connectivity index (χ4v) is 5.71. The van der Waals surface area contributed by atoms with Crippen LogP contribution in [0.25, 0.3) is 10.9 Å². The number of benzene rings is 3. The van der Waals surface area contributed by atoms with Crippen molar-refractivity contribution in [3.8, 4) is 0 Å². The normalized spacial score (nSPS) is 12.7. The first-order valence-corrected chi connectivity index (χ1v) is 16.5. The summed E-state index contributed by atoms with van der Waals surface area (Å²) in [6.45, 7) is 2.07. The molecular weight excluding hydrogens is 641 g/mol. The number of rotatable bonds is 13. The van der Waals surface area contributed by atoms with Crippen LogP contribution in [-0.2, 0) is 4.79 Å². The summed E-state index contributed by atoms with van der Waals surface area (Å²) in [7, 11) is -1.61. The number of amides is 6. The largest absolute Gasteiger partial charge is 0.488 e. The molecule has 4 aromatic rings. The Hall–Kier alpha value is -5.67. The molecule has 0 aliphatic carbocycles. The number of hydrogen-bond acceptors (Lipinski definition) is 7. The Kier molecular flexibility index (Phi) is 12.2. The summed E-state index contributed by atoms with van der Waals surface area (Å²) in [4.78, 5) is 70.0. The lowest BCUT2D eigenvalue weighted by Gasteiger charge is -2.34. The van der Waals surface area contributed by atoms with E-state index in [1.54, 1.807) is 65.6 Å². The molecule has 1 aliphatic heterocycles. The SMILES string of the molecule is O=C(NCCCCCCNC(=O)Nc1cccc2c(C(=O)C(=O)N3CCN(C(=O)c4ccccc4)CC3)c[nH]c12)Nc1cccc(B(O)O)c1. The Morgan fingerprint density at radius 2 is 1.36 bits per heavy atom. The monoisotopic (exact) mass is 681 g/mol. The third-order valence-electron chi connectivity index (χ3n) is 8.39. The number of aromatic nitrogens is 1. The summed E-state index contributed by atoms with van der Waals surface area (Å²) in [5.74, 6) is -1.41. The highest BCUT2D eigenvalue weighted by Gasteiger charge is 2.30. The Morgan fingerprint density at radius 3 is 2.04 bits per heavy atom. The lowest BCUT2D eigenvalue weighted by molar-refractivity contribution is -0.127. The van der Waals surface area contributed by atoms with Crippen molar-refractivity contribution in [2.24, 2.45) is 0 Å². The molecule has 14 nitrogen and oxygen atoms in total. The first kappa shape index (κ1) is 35.6. The number of ketones is 1. The maximum Gasteiger partial charge on any atom is 0.488 e. The molecule has 260 valence electrons. The van der Waals surface area contributed by atoms with Crippen molar-refractivity contribution in [2.75, 3.05) is 49.9 Å². The van der Waals surface area contributed by atoms with Crippen molar-refractivity contribution >= 4 is 64.5 Å². The number of carbonyl (C=O) groups excluding carboxylic acids is 5. The van der Waals surface area contributed by atoms with Gasteiger partial charge >= 0.3 is 19.2 Å². The average molecular weight is 682 g/mol. The van der Waals surface area contributed by atoms with E-state index in [9.17, 15) is 34.0 Å². The minimum atomic E-state index is -1.61. The summed E-state index contributed by atoms with van der Waals surface area (Å²) in [5, 5.41) is 30.1. The Morgan fingerprint density at radius 1 is 0.720 bits per heavy atom. The fourth-order valence-electron chi connectivity index (χ4n) is 5.71. The van der Waals surface area contributed by atoms with Crippen LogP contribution in [-0.4, -0.2) is 101 Å². The predicted molar refractivity (Wildman–Crippen MR) is 190 cm³/mol. The van der Waals surface area contributed by atoms with E-state index in [4.69, 9.17) is 0 Å². The van der Waals surface area contributed by atoms with Gasteiger partial charge in [-0.15, -0.1) is 0 Å². The molecule has 50 heavy (non-hydrogen) atoms. The van der Waals surface area contributed by atoms with Crippen LogP contribution in [0.15, 0.2) is 79.0 Å². The van der Waals surface area contributed by atoms with Crippen LogP contribution in [0, 0.1) is 0 Å². The second kappa shape index (κ2) is 17.1. The van der Waals surface area contributed by atoms with Crippen molar-refractivity contribution in [3.05, 3.63) is 90.1 Å². The molecule has 0 unspecified atom stereocenters. The minimum Gasteiger partial charge on any atom is -0.423 e. The number of nitrogens with zero attached hydrogens (tertiary/aromatic N) is 2. The standard InChI is InChI=1S/C35H40BN7O7/c44-31(33(46)43-20-18-42(19-21-43)32(45)24-10-4-3-5-11-24)28-23-39-30-27(28)14-9-15-29(30)41-35(48)38-17-7-2-1-6-16-37-34(47)40-26-13-8-12-25(22-26)36(49)50/h3-5,8-15,22-23,39,49-50H,1-2,6-7,16-21H2,(H2,37,40,47)(H2,38,41,48). The highest BCUT2D eigenvalue weighted by atomic mass is 16.4. The molecule has 5 rings (SSSR count). The highest BCUT2D eigenvalue weighted by molar-refractivity contribution is 6.58. The van der Waals surface area contributed by atoms with E-state index in [0.29, 0.717) is 54.0 Å². The van der Waals surface area contributed by atoms with Crippen LogP contribution in [0.5, 0.6) is 0 Å². The number of carbonyl (C=O) groups is 5. The van der Waals surface area contributed by atoms with Crippen molar-refractivity contribution in [1.29, 1.82) is 0 Å². The van der Waals surface area contributed by atoms with Gasteiger partial charge in [0.1, 0.15) is 0 Å². The van der Waals surface area contributed by atoms with Crippen molar-refractivity contribution in [1.82, 2.24) is 25.4 Å². The first-order chi connectivity index (χ1) is 24.2. The van der Waals surface area contributed by atoms with Gasteiger partial charge in [-0.3, -0.25) is 14.4 Å². The van der Waals surface area contributed by atoms with Crippen LogP contribution in [0.3, 0.4) is 0 Å². The van der Waals surface area contributed by atoms with Crippen LogP contribution in [0.4, 0.5) is 21.0 Å². The Labute approximate surface area is 289 Å². The molecular formula is C35H40BN7O7. The number of nitrogens with one attached hydrogen (secondary N) is 5. The number of fused-ring (bicyclic) bond motifs is 1. The van der Waals surface area contributed by atoms with E-state index in [1.165, 1.54) is 17.2 Å². The third-order valence-corrected chi connectivity index (χ3v) is 8.39. The number of unbranched alkanes of at least 4 members (excludes halogenated alkanes) is 3. The minimum absolute atomic E-state index is 0.108. The molecule has 6 amide bonds. The van der Waals surface area contributed by atoms with Gasteiger partial charge in [0.05, 0.1) is 16.8 Å². The van der Waals surface area contributed by atoms with Gasteiger partial charge in [-0.1, -0.05) is 55.3 Å². The van der Waals surface area contributed by atoms with Crippen LogP contribution >= 0.6 is 0 Å². The third kappa shape index (κ3) is 9.27. The van der Waals surface area contributed by atoms with E-state index < -0.39 is 24.8 Å². The van der Waals surface area contributed by atoms with Crippen molar-refractivity contribution in [3.63, 3.8) is 0 Å². The summed E-state index contributed by atoms with van der Waals surface area (Å²) in [6.07, 6.45) is 4.63. The zero-order valence-electron chi connectivity index (χ0n) is 27.5. The predicted octanol–water partition coefficient (Wildman–Crippen LogP) is 2.52. The number of anilines is 2. The van der Waals surface area contributed by atoms with Gasteiger partial charge in [-0.05, 0) is 48.6 Å². The molecule has 0 atom stereocenters. The summed E-state index contributed by atoms with van der Waals surface area (Å²) in [5.41, 5.74) is 2.50. The fraction of sp³-hybridized carbons (Fsp3) is 0.286. The number of urea groups is 2. The number of aromatic amines is 1. The molecule has 0 spiro atoms. The van der Waals surface area contributed by atoms with Crippen LogP contribution in [0.2, 0.25) is 0 Å². The number of Topliss-reactive ketones (excluding diaryl/α,β-unsaturated/α-hetero) is 1. The van der Waals surface area contributed by atoms with Gasteiger partial charge in [0.15, 0.2) is 0 Å². The molecule has 1 aromatic heterocycles. The molecule has 0 bridgehead atoms. The highest BCUT2D eigenvalue weighted by Crippen LogP contribution is 2.26. The van der Waals surface area contributed by atoms with Gasteiger partial charge in [-0.2, -0.15) is 0 Å². The van der Waals surface area contributed by atoms with Gasteiger partial charge in [0.2, 0.25) is 0 Å². The van der Waals surface area contributed by atoms with Gasteiger partial charge in [-0.25, -0.2) is 9.59 Å². The van der Waals surface area contributed by atoms with Crippen LogP contribution in [0.1, 0.15) is 46.4 Å². The number of piperazine rings is 1. The smallest absolute Gasteiger partial charge is 0.423 e. The van der Waals surface area contributed by atoms with E-state index in [0.717, 1.165) is 25.7 Å². The second-order valence-corrected chi connectivity index (χ2v) is 11.9. The van der Waals surface area contributed by atoms with E-state index in [1.807, 2.05) is 6.07 Å². The lowest BCUT2D eigenvalue weighted by Crippen LogP contribution is -2.52. The van der Waals surface area contributed by atoms with E-state index in [2.05, 4.69) is 26.3 Å². The maximum absolute atomic E-state index is 13.3. The second-order valence-electron chi connectivity index (χ2n) is 11.9. The summed E-state index contributed by atoms with van der Waals surface area (Å²) < 4.78 is 0. The Balaban J connectivity index is 1.01. The molecule has 1 aliphatic rings. The summed E-state index contributed by atoms with van der Waals surface area (Å²) >= 11 is 0. The van der Waals surface area contributed by atoms with E-state index in [-0.39, 0.29) is 36.1 Å². The Bertz CT molecular complexity index is 1820. The molecule has 7 N–H and O–H groups in total. The van der Waals surface area contributed by atoms with Gasteiger partial charge in [0, 0.05) is 62.1 Å². The van der Waals surface area contributed by atoms with Crippen molar-refractivity contribution in [2.45, 2.75) is 25.7 Å². The first-order valence-electron chi connectivity index (χ1n) is 16.5. The quantitative estimate of drug-likeness (QED) is 0.0487. The van der Waals surface area contributed by atoms with Crippen LogP contribution < -0.4 is 26.7 Å². The molecule has 0 saturated carbocycles. The molecule has 1 saturated heterocycles.